The van der Waals surface area contributed by atoms with Crippen molar-refractivity contribution in [3.05, 3.63) is 0 Å². The van der Waals surface area contributed by atoms with Crippen molar-refractivity contribution in [3.63, 3.8) is 0 Å². The van der Waals surface area contributed by atoms with Gasteiger partial charge in [0.05, 0.1) is 0 Å². The Balaban J connectivity index is 2.04. The van der Waals surface area contributed by atoms with E-state index in [1.807, 2.05) is 0 Å². The summed E-state index contributed by atoms with van der Waals surface area (Å²) in [7, 11) is 0. The normalized spacial score (nSPS) is 30.2. The van der Waals surface area contributed by atoms with Crippen LogP contribution in [0.25, 0.3) is 0 Å². The van der Waals surface area contributed by atoms with E-state index in [0.29, 0.717) is 6.54 Å². The molecule has 0 aromatic rings. The highest BCUT2D eigenvalue weighted by molar-refractivity contribution is 5.92. The molecule has 0 aromatic carbocycles. The number of amides is 2. The number of carbonyl (C=O) groups excluding carboxylic acids is 2. The van der Waals surface area contributed by atoms with Crippen LogP contribution in [0.15, 0.2) is 0 Å². The lowest BCUT2D eigenvalue weighted by Crippen LogP contribution is -2.62. The topological polar surface area (TPSA) is 58.6 Å². The first-order valence-corrected chi connectivity index (χ1v) is 3.44. The monoisotopic (exact) mass is 156 g/mol. The largest absolute Gasteiger partial charge is 0.352 e. The SMILES string of the molecule is O=C1NCC1N1COCC1=O. The van der Waals surface area contributed by atoms with Crippen LogP contribution in [-0.4, -0.2) is 42.6 Å². The number of ether oxygens (including phenoxy) is 1. The lowest BCUT2D eigenvalue weighted by molar-refractivity contribution is -0.142. The van der Waals surface area contributed by atoms with Crippen molar-refractivity contribution >= 4 is 11.8 Å². The van der Waals surface area contributed by atoms with E-state index in [9.17, 15) is 9.59 Å². The first-order chi connectivity index (χ1) is 5.29. The number of nitrogens with zero attached hydrogens (tertiary/aromatic N) is 1. The van der Waals surface area contributed by atoms with Crippen molar-refractivity contribution in [2.45, 2.75) is 6.04 Å². The van der Waals surface area contributed by atoms with Crippen LogP contribution in [0, 0.1) is 0 Å². The minimum atomic E-state index is -0.273. The van der Waals surface area contributed by atoms with E-state index >= 15 is 0 Å². The quantitative estimate of drug-likeness (QED) is 0.460. The van der Waals surface area contributed by atoms with Gasteiger partial charge in [-0.1, -0.05) is 0 Å². The molecule has 0 aliphatic carbocycles. The third-order valence-corrected chi connectivity index (χ3v) is 1.92. The van der Waals surface area contributed by atoms with E-state index in [1.54, 1.807) is 0 Å². The fourth-order valence-electron chi connectivity index (χ4n) is 1.18. The van der Waals surface area contributed by atoms with Crippen molar-refractivity contribution < 1.29 is 14.3 Å². The molecule has 2 fully saturated rings. The predicted molar refractivity (Wildman–Crippen MR) is 34.5 cm³/mol. The Hall–Kier alpha value is -1.10. The molecule has 1 unspecified atom stereocenters. The zero-order valence-corrected chi connectivity index (χ0v) is 5.87. The van der Waals surface area contributed by atoms with Crippen LogP contribution in [0.1, 0.15) is 0 Å². The van der Waals surface area contributed by atoms with Crippen molar-refractivity contribution in [3.8, 4) is 0 Å². The van der Waals surface area contributed by atoms with Crippen LogP contribution in [0.5, 0.6) is 0 Å². The molecule has 0 bridgehead atoms. The molecule has 0 spiro atoms. The van der Waals surface area contributed by atoms with Gasteiger partial charge in [-0.2, -0.15) is 0 Å². The summed E-state index contributed by atoms with van der Waals surface area (Å²) in [6.07, 6.45) is 0. The second kappa shape index (κ2) is 2.20. The van der Waals surface area contributed by atoms with Gasteiger partial charge in [-0.15, -0.1) is 0 Å². The maximum absolute atomic E-state index is 11.0. The molecule has 0 aromatic heterocycles. The Labute approximate surface area is 63.3 Å². The number of β-lactam (4-membered cyclic amide) rings is 1. The van der Waals surface area contributed by atoms with Crippen LogP contribution in [-0.2, 0) is 14.3 Å². The van der Waals surface area contributed by atoms with Crippen LogP contribution in [0.3, 0.4) is 0 Å². The van der Waals surface area contributed by atoms with E-state index < -0.39 is 0 Å². The second-order valence-electron chi connectivity index (χ2n) is 2.60. The van der Waals surface area contributed by atoms with Crippen LogP contribution in [0.4, 0.5) is 0 Å². The molecule has 2 aliphatic heterocycles. The molecule has 0 radical (unpaired) electrons. The van der Waals surface area contributed by atoms with Crippen LogP contribution < -0.4 is 5.32 Å². The summed E-state index contributed by atoms with van der Waals surface area (Å²) in [5.41, 5.74) is 0. The number of hydrogen-bond acceptors (Lipinski definition) is 3. The summed E-state index contributed by atoms with van der Waals surface area (Å²) in [6, 6.07) is -0.273. The van der Waals surface area contributed by atoms with Gasteiger partial charge < -0.3 is 15.0 Å². The smallest absolute Gasteiger partial charge is 0.251 e. The average Bonchev–Trinajstić information content (AvgIpc) is 2.34. The summed E-state index contributed by atoms with van der Waals surface area (Å²) < 4.78 is 4.87. The third kappa shape index (κ3) is 0.883. The number of nitrogens with one attached hydrogen (secondary N) is 1. The van der Waals surface area contributed by atoms with Gasteiger partial charge in [0, 0.05) is 6.54 Å². The van der Waals surface area contributed by atoms with Gasteiger partial charge in [0.25, 0.3) is 5.91 Å². The first-order valence-electron chi connectivity index (χ1n) is 3.44. The standard InChI is InChI=1S/C6H8N2O3/c9-5-2-11-3-8(5)4-1-7-6(4)10/h4H,1-3H2,(H,7,10). The van der Waals surface area contributed by atoms with Crippen LogP contribution >= 0.6 is 0 Å². The summed E-state index contributed by atoms with van der Waals surface area (Å²) in [5, 5.41) is 2.57. The Morgan fingerprint density at radius 1 is 1.55 bits per heavy atom. The average molecular weight is 156 g/mol. The second-order valence-corrected chi connectivity index (χ2v) is 2.60. The molecular weight excluding hydrogens is 148 g/mol. The van der Waals surface area contributed by atoms with Crippen molar-refractivity contribution in [2.24, 2.45) is 0 Å². The maximum atomic E-state index is 11.0. The van der Waals surface area contributed by atoms with E-state index in [1.165, 1.54) is 4.90 Å². The van der Waals surface area contributed by atoms with Crippen molar-refractivity contribution in [2.75, 3.05) is 19.9 Å². The fraction of sp³-hybridized carbons (Fsp3) is 0.667. The Morgan fingerprint density at radius 3 is 2.73 bits per heavy atom. The Morgan fingerprint density at radius 2 is 2.36 bits per heavy atom. The zero-order chi connectivity index (χ0) is 7.84. The summed E-state index contributed by atoms with van der Waals surface area (Å²) >= 11 is 0. The maximum Gasteiger partial charge on any atom is 0.251 e. The first kappa shape index (κ1) is 6.60. The lowest BCUT2D eigenvalue weighted by atomic mass is 10.1. The molecule has 2 heterocycles. The van der Waals surface area contributed by atoms with E-state index in [-0.39, 0.29) is 31.2 Å². The Bertz CT molecular complexity index is 216. The minimum absolute atomic E-state index is 0.0798. The van der Waals surface area contributed by atoms with Gasteiger partial charge in [-0.05, 0) is 0 Å². The van der Waals surface area contributed by atoms with Gasteiger partial charge in [-0.25, -0.2) is 0 Å². The predicted octanol–water partition coefficient (Wildman–Crippen LogP) is -1.70. The highest BCUT2D eigenvalue weighted by atomic mass is 16.5. The number of hydrogen-bond donors (Lipinski definition) is 1. The summed E-state index contributed by atoms with van der Waals surface area (Å²) in [4.78, 5) is 23.2. The van der Waals surface area contributed by atoms with Crippen molar-refractivity contribution in [1.29, 1.82) is 0 Å². The third-order valence-electron chi connectivity index (χ3n) is 1.92. The molecular formula is C6H8N2O3. The molecule has 5 nitrogen and oxygen atoms in total. The van der Waals surface area contributed by atoms with E-state index in [2.05, 4.69) is 5.32 Å². The van der Waals surface area contributed by atoms with Crippen molar-refractivity contribution in [1.82, 2.24) is 10.2 Å². The molecule has 2 rings (SSSR count). The van der Waals surface area contributed by atoms with E-state index in [4.69, 9.17) is 4.74 Å². The summed E-state index contributed by atoms with van der Waals surface area (Å²) in [5.74, 6) is -0.172. The number of rotatable bonds is 1. The zero-order valence-electron chi connectivity index (χ0n) is 5.87. The summed E-state index contributed by atoms with van der Waals surface area (Å²) in [6.45, 7) is 0.939. The van der Waals surface area contributed by atoms with Gasteiger partial charge in [0.1, 0.15) is 19.4 Å². The molecule has 5 heteroatoms. The van der Waals surface area contributed by atoms with Gasteiger partial charge >= 0.3 is 0 Å². The number of carbonyl (C=O) groups is 2. The molecule has 2 amide bonds. The molecule has 1 atom stereocenters. The fourth-order valence-corrected chi connectivity index (χ4v) is 1.18. The molecule has 2 saturated heterocycles. The van der Waals surface area contributed by atoms with Gasteiger partial charge in [0.15, 0.2) is 0 Å². The molecule has 0 saturated carbocycles. The van der Waals surface area contributed by atoms with Gasteiger partial charge in [0.2, 0.25) is 5.91 Å². The van der Waals surface area contributed by atoms with Gasteiger partial charge in [-0.3, -0.25) is 9.59 Å². The lowest BCUT2D eigenvalue weighted by Gasteiger charge is -2.32. The van der Waals surface area contributed by atoms with Crippen LogP contribution in [0.2, 0.25) is 0 Å². The minimum Gasteiger partial charge on any atom is -0.352 e. The molecule has 60 valence electrons. The Kier molecular flexibility index (Phi) is 1.32. The molecule has 11 heavy (non-hydrogen) atoms. The highest BCUT2D eigenvalue weighted by Crippen LogP contribution is 2.11. The molecule has 2 aliphatic rings. The molecule has 1 N–H and O–H groups in total. The van der Waals surface area contributed by atoms with E-state index in [0.717, 1.165) is 0 Å². The highest BCUT2D eigenvalue weighted by Gasteiger charge is 2.38.